The lowest BCUT2D eigenvalue weighted by Crippen LogP contribution is -2.57. The highest BCUT2D eigenvalue weighted by atomic mass is 16.1. The Bertz CT molecular complexity index is 265. The lowest BCUT2D eigenvalue weighted by atomic mass is 9.74. The van der Waals surface area contributed by atoms with Crippen LogP contribution in [0.15, 0.2) is 0 Å². The predicted octanol–water partition coefficient (Wildman–Crippen LogP) is 2.20. The third kappa shape index (κ3) is 3.21. The van der Waals surface area contributed by atoms with Crippen LogP contribution in [0.1, 0.15) is 58.3 Å². The second-order valence-electron chi connectivity index (χ2n) is 6.00. The largest absolute Gasteiger partial charge is 0.368 e. The summed E-state index contributed by atoms with van der Waals surface area (Å²) in [4.78, 5) is 11.7. The predicted molar refractivity (Wildman–Crippen MR) is 69.5 cm³/mol. The zero-order valence-corrected chi connectivity index (χ0v) is 11.0. The van der Waals surface area contributed by atoms with E-state index < -0.39 is 0 Å². The highest BCUT2D eigenvalue weighted by molar-refractivity contribution is 5.84. The molecule has 3 heteroatoms. The van der Waals surface area contributed by atoms with E-state index in [-0.39, 0.29) is 11.4 Å². The van der Waals surface area contributed by atoms with Gasteiger partial charge in [0.05, 0.1) is 5.54 Å². The summed E-state index contributed by atoms with van der Waals surface area (Å²) in [6.07, 6.45) is 9.41. The fraction of sp³-hybridized carbons (Fsp3) is 0.929. The Balaban J connectivity index is 1.87. The molecule has 98 valence electrons. The number of hydrogen-bond donors (Lipinski definition) is 2. The molecule has 0 saturated heterocycles. The SMILES string of the molecule is CCCC1CCC(NCC2CC2)(C(N)=O)CC1. The molecule has 17 heavy (non-hydrogen) atoms. The van der Waals surface area contributed by atoms with Crippen LogP contribution >= 0.6 is 0 Å². The average Bonchev–Trinajstić information content (AvgIpc) is 3.12. The van der Waals surface area contributed by atoms with Crippen molar-refractivity contribution in [2.24, 2.45) is 17.6 Å². The number of hydrogen-bond acceptors (Lipinski definition) is 2. The molecule has 0 unspecified atom stereocenters. The van der Waals surface area contributed by atoms with Crippen molar-refractivity contribution in [2.45, 2.75) is 63.8 Å². The van der Waals surface area contributed by atoms with Gasteiger partial charge in [0, 0.05) is 0 Å². The van der Waals surface area contributed by atoms with Crippen molar-refractivity contribution in [2.75, 3.05) is 6.54 Å². The minimum absolute atomic E-state index is 0.131. The summed E-state index contributed by atoms with van der Waals surface area (Å²) in [6, 6.07) is 0. The molecule has 0 aromatic carbocycles. The summed E-state index contributed by atoms with van der Waals surface area (Å²) >= 11 is 0. The molecule has 0 aromatic rings. The summed E-state index contributed by atoms with van der Waals surface area (Å²) in [5, 5.41) is 3.48. The van der Waals surface area contributed by atoms with E-state index in [1.807, 2.05) is 0 Å². The molecule has 1 amide bonds. The first kappa shape index (κ1) is 12.9. The fourth-order valence-corrected chi connectivity index (χ4v) is 3.04. The molecule has 3 N–H and O–H groups in total. The summed E-state index contributed by atoms with van der Waals surface area (Å²) in [5.74, 6) is 1.49. The Labute approximate surface area is 105 Å². The first-order valence-electron chi connectivity index (χ1n) is 7.21. The number of nitrogens with two attached hydrogens (primary N) is 1. The molecule has 0 radical (unpaired) electrons. The highest BCUT2D eigenvalue weighted by Gasteiger charge is 2.40. The van der Waals surface area contributed by atoms with Gasteiger partial charge in [-0.3, -0.25) is 4.79 Å². The molecule has 2 rings (SSSR count). The minimum Gasteiger partial charge on any atom is -0.368 e. The zero-order valence-electron chi connectivity index (χ0n) is 11.0. The van der Waals surface area contributed by atoms with Gasteiger partial charge in [-0.15, -0.1) is 0 Å². The maximum absolute atomic E-state index is 11.7. The van der Waals surface area contributed by atoms with Crippen molar-refractivity contribution >= 4 is 5.91 Å². The second kappa shape index (κ2) is 5.38. The van der Waals surface area contributed by atoms with Gasteiger partial charge in [0.15, 0.2) is 0 Å². The van der Waals surface area contributed by atoms with E-state index in [2.05, 4.69) is 12.2 Å². The van der Waals surface area contributed by atoms with Crippen LogP contribution < -0.4 is 11.1 Å². The third-order valence-electron chi connectivity index (χ3n) is 4.55. The average molecular weight is 238 g/mol. The first-order valence-corrected chi connectivity index (χ1v) is 7.21. The smallest absolute Gasteiger partial charge is 0.237 e. The molecule has 0 atom stereocenters. The fourth-order valence-electron chi connectivity index (χ4n) is 3.04. The standard InChI is InChI=1S/C14H26N2O/c1-2-3-11-6-8-14(9-7-11,13(15)17)16-10-12-4-5-12/h11-12,16H,2-10H2,1H3,(H2,15,17). The molecule has 2 saturated carbocycles. The van der Waals surface area contributed by atoms with Gasteiger partial charge in [-0.05, 0) is 56.9 Å². The molecule has 0 spiro atoms. The molecule has 2 aliphatic rings. The number of nitrogens with one attached hydrogen (secondary N) is 1. The summed E-state index contributed by atoms with van der Waals surface area (Å²) in [6.45, 7) is 3.22. The Morgan fingerprint density at radius 2 is 1.88 bits per heavy atom. The van der Waals surface area contributed by atoms with Crippen LogP contribution in [0.5, 0.6) is 0 Å². The van der Waals surface area contributed by atoms with Crippen LogP contribution in [0.2, 0.25) is 0 Å². The van der Waals surface area contributed by atoms with Gasteiger partial charge >= 0.3 is 0 Å². The lowest BCUT2D eigenvalue weighted by Gasteiger charge is -2.38. The third-order valence-corrected chi connectivity index (χ3v) is 4.55. The Hall–Kier alpha value is -0.570. The topological polar surface area (TPSA) is 55.1 Å². The van der Waals surface area contributed by atoms with E-state index in [9.17, 15) is 4.79 Å². The Morgan fingerprint density at radius 3 is 2.35 bits per heavy atom. The van der Waals surface area contributed by atoms with Crippen molar-refractivity contribution in [1.29, 1.82) is 0 Å². The summed E-state index contributed by atoms with van der Waals surface area (Å²) in [7, 11) is 0. The van der Waals surface area contributed by atoms with Crippen molar-refractivity contribution in [3.63, 3.8) is 0 Å². The quantitative estimate of drug-likeness (QED) is 0.745. The van der Waals surface area contributed by atoms with Gasteiger partial charge in [0.2, 0.25) is 5.91 Å². The van der Waals surface area contributed by atoms with Gasteiger partial charge < -0.3 is 11.1 Å². The van der Waals surface area contributed by atoms with E-state index >= 15 is 0 Å². The molecule has 0 bridgehead atoms. The minimum atomic E-state index is -0.382. The van der Waals surface area contributed by atoms with Gasteiger partial charge in [-0.25, -0.2) is 0 Å². The first-order chi connectivity index (χ1) is 8.16. The number of carbonyl (C=O) groups is 1. The van der Waals surface area contributed by atoms with Crippen molar-refractivity contribution in [1.82, 2.24) is 5.32 Å². The molecule has 0 aromatic heterocycles. The van der Waals surface area contributed by atoms with Crippen molar-refractivity contribution in [3.05, 3.63) is 0 Å². The van der Waals surface area contributed by atoms with E-state index in [1.165, 1.54) is 25.7 Å². The van der Waals surface area contributed by atoms with Crippen LogP contribution in [0.25, 0.3) is 0 Å². The molecular weight excluding hydrogens is 212 g/mol. The number of carbonyl (C=O) groups excluding carboxylic acids is 1. The van der Waals surface area contributed by atoms with E-state index in [1.54, 1.807) is 0 Å². The maximum Gasteiger partial charge on any atom is 0.237 e. The molecule has 3 nitrogen and oxygen atoms in total. The lowest BCUT2D eigenvalue weighted by molar-refractivity contribution is -0.126. The molecule has 2 fully saturated rings. The van der Waals surface area contributed by atoms with Gasteiger partial charge in [0.25, 0.3) is 0 Å². The highest BCUT2D eigenvalue weighted by Crippen LogP contribution is 2.36. The van der Waals surface area contributed by atoms with Crippen LogP contribution in [0, 0.1) is 11.8 Å². The normalized spacial score (nSPS) is 33.6. The monoisotopic (exact) mass is 238 g/mol. The van der Waals surface area contributed by atoms with E-state index in [0.717, 1.165) is 44.1 Å². The van der Waals surface area contributed by atoms with Gasteiger partial charge in [-0.2, -0.15) is 0 Å². The molecule has 2 aliphatic carbocycles. The second-order valence-corrected chi connectivity index (χ2v) is 6.00. The summed E-state index contributed by atoms with van der Waals surface area (Å²) < 4.78 is 0. The Kier molecular flexibility index (Phi) is 4.08. The van der Waals surface area contributed by atoms with Gasteiger partial charge in [0.1, 0.15) is 0 Å². The molecule has 0 heterocycles. The van der Waals surface area contributed by atoms with Crippen molar-refractivity contribution < 1.29 is 4.79 Å². The maximum atomic E-state index is 11.7. The van der Waals surface area contributed by atoms with Crippen LogP contribution in [-0.4, -0.2) is 18.0 Å². The van der Waals surface area contributed by atoms with Crippen LogP contribution in [0.3, 0.4) is 0 Å². The summed E-state index contributed by atoms with van der Waals surface area (Å²) in [5.41, 5.74) is 5.24. The van der Waals surface area contributed by atoms with Gasteiger partial charge in [-0.1, -0.05) is 19.8 Å². The number of primary amides is 1. The number of rotatable bonds is 6. The number of amides is 1. The van der Waals surface area contributed by atoms with Crippen molar-refractivity contribution in [3.8, 4) is 0 Å². The zero-order chi connectivity index (χ0) is 12.3. The Morgan fingerprint density at radius 1 is 1.24 bits per heavy atom. The van der Waals surface area contributed by atoms with Crippen LogP contribution in [-0.2, 0) is 4.79 Å². The van der Waals surface area contributed by atoms with Crippen LogP contribution in [0.4, 0.5) is 0 Å². The van der Waals surface area contributed by atoms with E-state index in [4.69, 9.17) is 5.73 Å². The van der Waals surface area contributed by atoms with E-state index in [0.29, 0.717) is 0 Å². The molecular formula is C14H26N2O. The molecule has 0 aliphatic heterocycles.